The molecule has 3 saturated carbocycles. The van der Waals surface area contributed by atoms with Crippen LogP contribution in [0.5, 0.6) is 0 Å². The van der Waals surface area contributed by atoms with E-state index in [9.17, 15) is 24.9 Å². The monoisotopic (exact) mass is 1520 g/mol. The van der Waals surface area contributed by atoms with Crippen LogP contribution in [0, 0.1) is 27.7 Å². The van der Waals surface area contributed by atoms with Gasteiger partial charge in [0.1, 0.15) is 16.9 Å². The smallest absolute Gasteiger partial charge is 0.253 e. The van der Waals surface area contributed by atoms with Gasteiger partial charge in [-0.3, -0.25) is 19.6 Å². The fourth-order valence-electron chi connectivity index (χ4n) is 18.7. The Balaban J connectivity index is 0.000000147. The highest BCUT2D eigenvalue weighted by molar-refractivity contribution is 5.95. The number of fused-ring (bicyclic) bond motifs is 3. The van der Waals surface area contributed by atoms with Crippen LogP contribution in [0.3, 0.4) is 0 Å². The number of aryl methyl sites for hydroxylation is 4. The molecule has 6 aliphatic rings. The first kappa shape index (κ1) is 81.2. The lowest BCUT2D eigenvalue weighted by Crippen LogP contribution is -2.38. The summed E-state index contributed by atoms with van der Waals surface area (Å²) in [7, 11) is 0. The van der Waals surface area contributed by atoms with Crippen LogP contribution in [0.25, 0.3) is 38.8 Å². The molecule has 0 bridgehead atoms. The summed E-state index contributed by atoms with van der Waals surface area (Å²) < 4.78 is 7.12. The third-order valence-corrected chi connectivity index (χ3v) is 25.0. The summed E-state index contributed by atoms with van der Waals surface area (Å²) in [4.78, 5) is 70.6. The van der Waals surface area contributed by atoms with Crippen molar-refractivity contribution in [2.24, 2.45) is 0 Å². The van der Waals surface area contributed by atoms with Crippen molar-refractivity contribution < 1.29 is 24.9 Å². The van der Waals surface area contributed by atoms with Crippen LogP contribution < -0.4 is 16.0 Å². The third kappa shape index (κ3) is 19.5. The number of benzene rings is 1. The molecular formula is C90H125N17O5. The molecule has 6 N–H and O–H groups in total. The number of nitrogens with one attached hydrogen (secondary N) is 3. The molecule has 15 rings (SSSR count). The van der Waals surface area contributed by atoms with Crippen molar-refractivity contribution in [2.75, 3.05) is 55.2 Å². The first-order chi connectivity index (χ1) is 54.2. The van der Waals surface area contributed by atoms with E-state index in [0.29, 0.717) is 71.5 Å². The fourth-order valence-corrected chi connectivity index (χ4v) is 18.7. The highest BCUT2D eigenvalue weighted by Gasteiger charge is 2.35. The SMILES string of the molecule is C=C(c1ccccc1C)N1CCC(c2cn(C3CCC(O)CC3)c3nc(N[C@@H](C)CCC)ncc23)CC1.CCC[C@H](C)Nc1ncc2c(C3CCN(C(=O)c4cc(C)nc(C)c4)CC3)cn(C3CCC(O)CC3)c2n1.CCC[C@H](C)Nc1ncc2c(C3CCN(C(=O)c4ccnc(C)c4)CC3)cn(C3CCC(O)CC3)c2n1. The van der Waals surface area contributed by atoms with Crippen LogP contribution in [0.15, 0.2) is 98.5 Å². The van der Waals surface area contributed by atoms with Crippen molar-refractivity contribution in [1.82, 2.24) is 68.3 Å². The van der Waals surface area contributed by atoms with Gasteiger partial charge in [-0.05, 0) is 248 Å². The highest BCUT2D eigenvalue weighted by atomic mass is 16.3. The number of hydrogen-bond acceptors (Lipinski definition) is 17. The number of pyridine rings is 2. The molecule has 1 aromatic carbocycles. The van der Waals surface area contributed by atoms with Crippen molar-refractivity contribution >= 4 is 68.5 Å². The minimum absolute atomic E-state index is 0.0902. The fraction of sp³-hybridized carbons (Fsp3) is 0.578. The van der Waals surface area contributed by atoms with Crippen molar-refractivity contribution in [3.8, 4) is 0 Å². The number of anilines is 3. The number of hydrogen-bond donors (Lipinski definition) is 6. The number of likely N-dealkylation sites (tertiary alicyclic amines) is 3. The summed E-state index contributed by atoms with van der Waals surface area (Å²) >= 11 is 0. The number of amides is 2. The lowest BCUT2D eigenvalue weighted by Gasteiger charge is -2.35. The summed E-state index contributed by atoms with van der Waals surface area (Å²) in [6, 6.07) is 18.0. The normalized spacial score (nSPS) is 21.7. The second-order valence-corrected chi connectivity index (χ2v) is 33.6. The first-order valence-electron chi connectivity index (χ1n) is 42.6. The van der Waals surface area contributed by atoms with E-state index in [-0.39, 0.29) is 30.1 Å². The van der Waals surface area contributed by atoms with Crippen molar-refractivity contribution in [1.29, 1.82) is 0 Å². The van der Waals surface area contributed by atoms with Crippen molar-refractivity contribution in [3.05, 3.63) is 155 Å². The van der Waals surface area contributed by atoms with Crippen LogP contribution in [-0.2, 0) is 0 Å². The third-order valence-electron chi connectivity index (χ3n) is 25.0. The lowest BCUT2D eigenvalue weighted by atomic mass is 9.89. The van der Waals surface area contributed by atoms with E-state index in [0.717, 1.165) is 255 Å². The molecule has 3 aliphatic heterocycles. The molecule has 3 atom stereocenters. The molecule has 2 amide bonds. The molecule has 6 fully saturated rings. The predicted molar refractivity (Wildman–Crippen MR) is 449 cm³/mol. The zero-order chi connectivity index (χ0) is 78.7. The molecule has 8 aromatic heterocycles. The second kappa shape index (κ2) is 37.4. The summed E-state index contributed by atoms with van der Waals surface area (Å²) in [5.74, 6) is 3.49. The topological polar surface area (TPSA) is 259 Å². The molecule has 600 valence electrons. The minimum Gasteiger partial charge on any atom is -0.393 e. The molecule has 9 aromatic rings. The molecule has 112 heavy (non-hydrogen) atoms. The lowest BCUT2D eigenvalue weighted by molar-refractivity contribution is 0.0705. The zero-order valence-corrected chi connectivity index (χ0v) is 68.4. The Morgan fingerprint density at radius 1 is 0.438 bits per heavy atom. The van der Waals surface area contributed by atoms with Gasteiger partial charge in [-0.1, -0.05) is 70.9 Å². The summed E-state index contributed by atoms with van der Waals surface area (Å²) in [5, 5.41) is 44.2. The van der Waals surface area contributed by atoms with Crippen LogP contribution in [-0.4, -0.2) is 171 Å². The minimum atomic E-state index is -0.191. The van der Waals surface area contributed by atoms with Crippen LogP contribution >= 0.6 is 0 Å². The molecule has 0 spiro atoms. The zero-order valence-electron chi connectivity index (χ0n) is 68.4. The Kier molecular flexibility index (Phi) is 27.1. The van der Waals surface area contributed by atoms with E-state index in [1.807, 2.05) is 67.4 Å². The Morgan fingerprint density at radius 3 is 1.12 bits per heavy atom. The molecule has 0 radical (unpaired) electrons. The van der Waals surface area contributed by atoms with Crippen LogP contribution in [0.4, 0.5) is 17.8 Å². The second-order valence-electron chi connectivity index (χ2n) is 33.6. The average molecular weight is 1530 g/mol. The van der Waals surface area contributed by atoms with Gasteiger partial charge in [-0.25, -0.2) is 15.0 Å². The molecule has 11 heterocycles. The largest absolute Gasteiger partial charge is 0.393 e. The van der Waals surface area contributed by atoms with Crippen molar-refractivity contribution in [2.45, 2.75) is 296 Å². The van der Waals surface area contributed by atoms with E-state index in [4.69, 9.17) is 29.9 Å². The highest BCUT2D eigenvalue weighted by Crippen LogP contribution is 2.44. The first-order valence-corrected chi connectivity index (χ1v) is 42.6. The Labute approximate surface area is 663 Å². The van der Waals surface area contributed by atoms with Gasteiger partial charge in [0.25, 0.3) is 11.8 Å². The number of nitrogens with zero attached hydrogens (tertiary/aromatic N) is 14. The number of carbonyl (C=O) groups excluding carboxylic acids is 2. The Morgan fingerprint density at radius 2 is 0.777 bits per heavy atom. The van der Waals surface area contributed by atoms with Crippen LogP contribution in [0.1, 0.15) is 297 Å². The molecular weight excluding hydrogens is 1400 g/mol. The predicted octanol–water partition coefficient (Wildman–Crippen LogP) is 17.4. The van der Waals surface area contributed by atoms with Gasteiger partial charge in [0, 0.05) is 175 Å². The van der Waals surface area contributed by atoms with Gasteiger partial charge in [0.15, 0.2) is 0 Å². The van der Waals surface area contributed by atoms with Gasteiger partial charge in [0.05, 0.1) is 18.3 Å². The maximum absolute atomic E-state index is 13.2. The number of aliphatic hydroxyl groups is 3. The maximum Gasteiger partial charge on any atom is 0.253 e. The van der Waals surface area contributed by atoms with E-state index in [2.05, 4.69) is 142 Å². The van der Waals surface area contributed by atoms with Gasteiger partial charge < -0.3 is 59.7 Å². The van der Waals surface area contributed by atoms with Gasteiger partial charge in [0.2, 0.25) is 17.8 Å². The van der Waals surface area contributed by atoms with Crippen molar-refractivity contribution in [3.63, 3.8) is 0 Å². The number of piperidine rings is 3. The van der Waals surface area contributed by atoms with Gasteiger partial charge in [-0.2, -0.15) is 15.0 Å². The number of carbonyl (C=O) groups is 2. The molecule has 22 nitrogen and oxygen atoms in total. The number of aromatic nitrogens is 11. The quantitative estimate of drug-likeness (QED) is 0.0368. The van der Waals surface area contributed by atoms with Gasteiger partial charge in [-0.15, -0.1) is 0 Å². The molecule has 0 unspecified atom stereocenters. The van der Waals surface area contributed by atoms with E-state index < -0.39 is 0 Å². The van der Waals surface area contributed by atoms with E-state index >= 15 is 0 Å². The Hall–Kier alpha value is -8.86. The summed E-state index contributed by atoms with van der Waals surface area (Å²) in [6.45, 7) is 30.5. The van der Waals surface area contributed by atoms with E-state index in [1.165, 1.54) is 33.2 Å². The molecule has 3 saturated heterocycles. The van der Waals surface area contributed by atoms with Gasteiger partial charge >= 0.3 is 0 Å². The molecule has 22 heteroatoms. The average Bonchev–Trinajstić information content (AvgIpc) is 1.62. The summed E-state index contributed by atoms with van der Waals surface area (Å²) in [6.07, 6.45) is 37.6. The molecule has 3 aliphatic carbocycles. The summed E-state index contributed by atoms with van der Waals surface area (Å²) in [5.41, 5.74) is 14.7. The standard InChI is InChI=1S/C31H43N5O.C30H42N6O2.C29H40N6O2/c1-5-8-22(3)33-31-32-19-28-29(20-36(30(28)34-31)25-11-13-26(37)14-12-25)24-15-17-35(18-16-24)23(4)27-10-7-6-9-21(27)2;1-5-6-19(2)33-30-31-17-26-27(18-36(28(26)34-30)24-7-9-25(37)10-8-24)22-11-13-35(14-12-22)29(38)23-15-20(3)32-21(4)16-23;1-4-5-19(2)32-29-31-17-25-26(18-35(27(25)33-29)23-6-8-24(36)9-7-23)21-11-14-34(15-12-21)28(37)22-10-13-30-20(3)16-22/h6-7,9-10,19-20,22,24-26,37H,4-5,8,11-18H2,1-3H3,(H,32,33,34);15-19,22,24-25,37H,5-14H2,1-4H3,(H,31,33,34);10,13,16-19,21,23-24,36H,4-9,11-12,14-15H2,1-3H3,(H,31,32,33)/t22-,25?,26?;19-,24?,25?;19-,23?,24?/m000/s1. The Bertz CT molecular complexity index is 4610. The maximum atomic E-state index is 13.2. The van der Waals surface area contributed by atoms with E-state index in [1.54, 1.807) is 12.3 Å². The number of rotatable bonds is 22. The van der Waals surface area contributed by atoms with Crippen LogP contribution in [0.2, 0.25) is 0 Å². The number of aliphatic hydroxyl groups excluding tert-OH is 3.